The summed E-state index contributed by atoms with van der Waals surface area (Å²) in [6.07, 6.45) is 6.67. The molecule has 1 aliphatic carbocycles. The number of anilines is 1. The first kappa shape index (κ1) is 17.7. The number of carbonyl (C=O) groups excluding carboxylic acids is 1. The van der Waals surface area contributed by atoms with Gasteiger partial charge in [-0.1, -0.05) is 49.6 Å². The number of aryl methyl sites for hydroxylation is 2. The quantitative estimate of drug-likeness (QED) is 0.716. The largest absolute Gasteiger partial charge is 0.309 e. The fourth-order valence-corrected chi connectivity index (χ4v) is 4.12. The predicted molar refractivity (Wildman–Crippen MR) is 108 cm³/mol. The third-order valence-electron chi connectivity index (χ3n) is 5.41. The molecule has 5 nitrogen and oxygen atoms in total. The molecular formula is C22H26N4O. The molecule has 1 N–H and O–H groups in total. The Labute approximate surface area is 159 Å². The van der Waals surface area contributed by atoms with Crippen LogP contribution in [0.15, 0.2) is 36.4 Å². The van der Waals surface area contributed by atoms with Gasteiger partial charge in [0.25, 0.3) is 0 Å². The fraction of sp³-hybridized carbons (Fsp3) is 0.409. The third kappa shape index (κ3) is 3.72. The summed E-state index contributed by atoms with van der Waals surface area (Å²) in [5.41, 5.74) is 4.63. The molecular weight excluding hydrogens is 336 g/mol. The highest BCUT2D eigenvalue weighted by molar-refractivity contribution is 5.97. The van der Waals surface area contributed by atoms with Crippen LogP contribution in [0.1, 0.15) is 49.9 Å². The van der Waals surface area contributed by atoms with Crippen molar-refractivity contribution in [2.75, 3.05) is 5.32 Å². The summed E-state index contributed by atoms with van der Waals surface area (Å²) < 4.78 is 1.82. The van der Waals surface area contributed by atoms with Crippen molar-refractivity contribution in [3.63, 3.8) is 0 Å². The highest BCUT2D eigenvalue weighted by Gasteiger charge is 2.22. The molecule has 1 aromatic carbocycles. The van der Waals surface area contributed by atoms with Gasteiger partial charge in [0.15, 0.2) is 11.5 Å². The van der Waals surface area contributed by atoms with Gasteiger partial charge in [-0.15, -0.1) is 5.10 Å². The van der Waals surface area contributed by atoms with Gasteiger partial charge in [0, 0.05) is 17.8 Å². The van der Waals surface area contributed by atoms with Gasteiger partial charge in [-0.05, 0) is 44.2 Å². The maximum absolute atomic E-state index is 12.7. The monoisotopic (exact) mass is 362 g/mol. The van der Waals surface area contributed by atoms with Crippen molar-refractivity contribution in [1.29, 1.82) is 0 Å². The van der Waals surface area contributed by atoms with E-state index < -0.39 is 0 Å². The van der Waals surface area contributed by atoms with Crippen molar-refractivity contribution in [1.82, 2.24) is 14.6 Å². The minimum absolute atomic E-state index is 0.0527. The van der Waals surface area contributed by atoms with Gasteiger partial charge >= 0.3 is 0 Å². The van der Waals surface area contributed by atoms with E-state index >= 15 is 0 Å². The number of amides is 1. The van der Waals surface area contributed by atoms with E-state index in [-0.39, 0.29) is 5.91 Å². The van der Waals surface area contributed by atoms with Gasteiger partial charge in [0.05, 0.1) is 5.56 Å². The van der Waals surface area contributed by atoms with Crippen LogP contribution in [-0.2, 0) is 4.79 Å². The van der Waals surface area contributed by atoms with Gasteiger partial charge in [0.1, 0.15) is 0 Å². The molecule has 2 aromatic heterocycles. The second-order valence-electron chi connectivity index (χ2n) is 7.62. The summed E-state index contributed by atoms with van der Waals surface area (Å²) in [6, 6.07) is 12.0. The van der Waals surface area contributed by atoms with Crippen LogP contribution in [-0.4, -0.2) is 20.5 Å². The molecule has 0 bridgehead atoms. The molecule has 3 aromatic rings. The molecule has 0 radical (unpaired) electrons. The lowest BCUT2D eigenvalue weighted by atomic mass is 9.87. The summed E-state index contributed by atoms with van der Waals surface area (Å²) in [5.74, 6) is 1.15. The Balaban J connectivity index is 1.71. The van der Waals surface area contributed by atoms with Crippen molar-refractivity contribution in [3.8, 4) is 11.1 Å². The minimum atomic E-state index is 0.0527. The molecule has 27 heavy (non-hydrogen) atoms. The van der Waals surface area contributed by atoms with E-state index in [1.54, 1.807) is 0 Å². The Morgan fingerprint density at radius 2 is 1.89 bits per heavy atom. The standard InChI is InChI=1S/C22H26N4O/c1-15-13-16(2)26-22(23-15)20(18-11-7-4-8-12-18)21(25-26)24-19(27)14-17-9-5-3-6-10-17/h4,7-8,11-13,17H,3,5-6,9-10,14H2,1-2H3,(H,24,25,27). The molecule has 1 aliphatic rings. The van der Waals surface area contributed by atoms with E-state index in [0.717, 1.165) is 41.0 Å². The van der Waals surface area contributed by atoms with E-state index in [2.05, 4.69) is 10.4 Å². The second-order valence-corrected chi connectivity index (χ2v) is 7.62. The van der Waals surface area contributed by atoms with Crippen LogP contribution in [0.5, 0.6) is 0 Å². The zero-order valence-electron chi connectivity index (χ0n) is 16.0. The average Bonchev–Trinajstić information content (AvgIpc) is 3.01. The van der Waals surface area contributed by atoms with Crippen LogP contribution in [0.4, 0.5) is 5.82 Å². The van der Waals surface area contributed by atoms with E-state index in [1.807, 2.05) is 54.8 Å². The van der Waals surface area contributed by atoms with Gasteiger partial charge in [-0.2, -0.15) is 0 Å². The highest BCUT2D eigenvalue weighted by atomic mass is 16.1. The number of hydrogen-bond donors (Lipinski definition) is 1. The summed E-state index contributed by atoms with van der Waals surface area (Å²) in [4.78, 5) is 17.4. The highest BCUT2D eigenvalue weighted by Crippen LogP contribution is 2.33. The first-order chi connectivity index (χ1) is 13.1. The van der Waals surface area contributed by atoms with Gasteiger partial charge in [-0.3, -0.25) is 4.79 Å². The summed E-state index contributed by atoms with van der Waals surface area (Å²) in [7, 11) is 0. The number of benzene rings is 1. The number of fused-ring (bicyclic) bond motifs is 1. The molecule has 0 atom stereocenters. The molecule has 0 saturated heterocycles. The molecule has 1 saturated carbocycles. The smallest absolute Gasteiger partial charge is 0.225 e. The van der Waals surface area contributed by atoms with Crippen molar-refractivity contribution >= 4 is 17.4 Å². The van der Waals surface area contributed by atoms with Gasteiger partial charge < -0.3 is 5.32 Å². The first-order valence-corrected chi connectivity index (χ1v) is 9.84. The second kappa shape index (κ2) is 7.51. The van der Waals surface area contributed by atoms with Crippen LogP contribution < -0.4 is 5.32 Å². The van der Waals surface area contributed by atoms with E-state index in [9.17, 15) is 4.79 Å². The maximum Gasteiger partial charge on any atom is 0.225 e. The van der Waals surface area contributed by atoms with Crippen LogP contribution >= 0.6 is 0 Å². The van der Waals surface area contributed by atoms with Crippen molar-refractivity contribution in [3.05, 3.63) is 47.8 Å². The summed E-state index contributed by atoms with van der Waals surface area (Å²) in [5, 5.41) is 7.77. The summed E-state index contributed by atoms with van der Waals surface area (Å²) in [6.45, 7) is 3.99. The Morgan fingerprint density at radius 3 is 2.63 bits per heavy atom. The molecule has 140 valence electrons. The fourth-order valence-electron chi connectivity index (χ4n) is 4.12. The normalized spacial score (nSPS) is 15.2. The number of carbonyl (C=O) groups is 1. The number of nitrogens with one attached hydrogen (secondary N) is 1. The first-order valence-electron chi connectivity index (χ1n) is 9.84. The molecule has 0 aliphatic heterocycles. The van der Waals surface area contributed by atoms with E-state index in [1.165, 1.54) is 19.3 Å². The summed E-state index contributed by atoms with van der Waals surface area (Å²) >= 11 is 0. The van der Waals surface area contributed by atoms with Crippen LogP contribution in [0.25, 0.3) is 16.8 Å². The number of aromatic nitrogens is 3. The lowest BCUT2D eigenvalue weighted by Gasteiger charge is -2.20. The van der Waals surface area contributed by atoms with Gasteiger partial charge in [0.2, 0.25) is 5.91 Å². The Hall–Kier alpha value is -2.69. The molecule has 2 heterocycles. The number of nitrogens with zero attached hydrogens (tertiary/aromatic N) is 3. The lowest BCUT2D eigenvalue weighted by molar-refractivity contribution is -0.117. The molecule has 0 unspecified atom stereocenters. The number of rotatable bonds is 4. The molecule has 1 amide bonds. The molecule has 4 rings (SSSR count). The third-order valence-corrected chi connectivity index (χ3v) is 5.41. The zero-order chi connectivity index (χ0) is 18.8. The van der Waals surface area contributed by atoms with E-state index in [0.29, 0.717) is 18.2 Å². The molecule has 1 fully saturated rings. The van der Waals surface area contributed by atoms with Crippen LogP contribution in [0.2, 0.25) is 0 Å². The Morgan fingerprint density at radius 1 is 1.15 bits per heavy atom. The molecule has 5 heteroatoms. The topological polar surface area (TPSA) is 59.3 Å². The van der Waals surface area contributed by atoms with Gasteiger partial charge in [-0.25, -0.2) is 9.50 Å². The lowest BCUT2D eigenvalue weighted by Crippen LogP contribution is -2.19. The molecule has 0 spiro atoms. The average molecular weight is 362 g/mol. The Bertz CT molecular complexity index is 955. The van der Waals surface area contributed by atoms with Crippen molar-refractivity contribution in [2.45, 2.75) is 52.4 Å². The van der Waals surface area contributed by atoms with Crippen LogP contribution in [0.3, 0.4) is 0 Å². The van der Waals surface area contributed by atoms with E-state index in [4.69, 9.17) is 4.98 Å². The SMILES string of the molecule is Cc1cc(C)n2nc(NC(=O)CC3CCCCC3)c(-c3ccccc3)c2n1. The van der Waals surface area contributed by atoms with Crippen LogP contribution in [0, 0.1) is 19.8 Å². The van der Waals surface area contributed by atoms with Crippen molar-refractivity contribution < 1.29 is 4.79 Å². The van der Waals surface area contributed by atoms with Crippen molar-refractivity contribution in [2.24, 2.45) is 5.92 Å². The minimum Gasteiger partial charge on any atom is -0.309 e. The maximum atomic E-state index is 12.7. The Kier molecular flexibility index (Phi) is 4.92. The number of hydrogen-bond acceptors (Lipinski definition) is 3. The zero-order valence-corrected chi connectivity index (χ0v) is 16.0. The predicted octanol–water partition coefficient (Wildman–Crippen LogP) is 4.92.